The van der Waals surface area contributed by atoms with Crippen molar-refractivity contribution in [1.29, 1.82) is 5.26 Å². The van der Waals surface area contributed by atoms with E-state index in [4.69, 9.17) is 9.47 Å². The number of nitriles is 1. The zero-order chi connectivity index (χ0) is 20.6. The number of amides is 1. The molecule has 1 aliphatic carbocycles. The molecule has 0 aliphatic heterocycles. The van der Waals surface area contributed by atoms with E-state index in [1.165, 1.54) is 17.4 Å². The molecule has 2 aromatic rings. The molecule has 150 valence electrons. The van der Waals surface area contributed by atoms with Crippen molar-refractivity contribution in [2.24, 2.45) is 5.92 Å². The second kappa shape index (κ2) is 9.85. The fraction of sp³-hybridized carbons (Fsp3) is 0.333. The van der Waals surface area contributed by atoms with Crippen LogP contribution in [0.25, 0.3) is 6.08 Å². The van der Waals surface area contributed by atoms with Gasteiger partial charge in [0.15, 0.2) is 0 Å². The van der Waals surface area contributed by atoms with Crippen molar-refractivity contribution >= 4 is 34.5 Å². The first kappa shape index (κ1) is 20.6. The first-order valence-corrected chi connectivity index (χ1v) is 10.2. The molecule has 0 bridgehead atoms. The average Bonchev–Trinajstić information content (AvgIpc) is 3.07. The molecule has 0 spiro atoms. The average molecular weight is 411 g/mol. The van der Waals surface area contributed by atoms with Crippen LogP contribution in [0.3, 0.4) is 0 Å². The minimum absolute atomic E-state index is 0.172. The molecule has 1 amide bonds. The van der Waals surface area contributed by atoms with Crippen molar-refractivity contribution in [3.8, 4) is 6.07 Å². The highest BCUT2D eigenvalue weighted by Gasteiger charge is 2.27. The molecular formula is C21H21N3O4S. The fourth-order valence-corrected chi connectivity index (χ4v) is 4.46. The van der Waals surface area contributed by atoms with Crippen molar-refractivity contribution in [3.63, 3.8) is 0 Å². The van der Waals surface area contributed by atoms with E-state index >= 15 is 0 Å². The van der Waals surface area contributed by atoms with Crippen molar-refractivity contribution in [1.82, 2.24) is 4.98 Å². The third kappa shape index (κ3) is 5.42. The second-order valence-electron chi connectivity index (χ2n) is 6.53. The molecule has 3 rings (SSSR count). The number of pyridine rings is 1. The molecule has 0 saturated carbocycles. The Kier molecular flexibility index (Phi) is 6.98. The Morgan fingerprint density at radius 2 is 2.31 bits per heavy atom. The van der Waals surface area contributed by atoms with Gasteiger partial charge in [0, 0.05) is 23.3 Å². The third-order valence-corrected chi connectivity index (χ3v) is 5.70. The molecule has 2 heterocycles. The van der Waals surface area contributed by atoms with Gasteiger partial charge in [-0.25, -0.2) is 4.79 Å². The van der Waals surface area contributed by atoms with Gasteiger partial charge in [0.25, 0.3) is 0 Å². The number of fused-ring (bicyclic) bond motifs is 1. The van der Waals surface area contributed by atoms with Crippen molar-refractivity contribution in [2.75, 3.05) is 18.5 Å². The molecular weight excluding hydrogens is 390 g/mol. The normalized spacial score (nSPS) is 15.4. The van der Waals surface area contributed by atoms with E-state index in [0.29, 0.717) is 23.4 Å². The highest BCUT2D eigenvalue weighted by molar-refractivity contribution is 7.16. The van der Waals surface area contributed by atoms with Gasteiger partial charge in [-0.15, -0.1) is 11.3 Å². The van der Waals surface area contributed by atoms with Crippen molar-refractivity contribution in [3.05, 3.63) is 52.2 Å². The van der Waals surface area contributed by atoms with Gasteiger partial charge in [-0.05, 0) is 55.4 Å². The van der Waals surface area contributed by atoms with E-state index in [1.807, 2.05) is 6.07 Å². The van der Waals surface area contributed by atoms with Crippen molar-refractivity contribution in [2.45, 2.75) is 26.2 Å². The predicted molar refractivity (Wildman–Crippen MR) is 109 cm³/mol. The Labute approximate surface area is 173 Å². The molecule has 29 heavy (non-hydrogen) atoms. The molecule has 1 N–H and O–H groups in total. The Morgan fingerprint density at radius 1 is 1.45 bits per heavy atom. The van der Waals surface area contributed by atoms with Gasteiger partial charge in [0.1, 0.15) is 11.1 Å². The van der Waals surface area contributed by atoms with Crippen LogP contribution in [0.15, 0.2) is 30.6 Å². The fourth-order valence-electron chi connectivity index (χ4n) is 3.15. The second-order valence-corrected chi connectivity index (χ2v) is 7.64. The standard InChI is InChI=1S/C21H21N3O4S/c1-2-27-21(26)28-13-15-5-7-16-17(11-22)20(29-18(16)10-15)24-19(25)8-6-14-4-3-9-23-12-14/h3-4,6,8-9,12,15H,2,5,7,10,13H2,1H3,(H,24,25). The van der Waals surface area contributed by atoms with Crippen LogP contribution >= 0.6 is 11.3 Å². The lowest BCUT2D eigenvalue weighted by Gasteiger charge is -2.21. The number of carbonyl (C=O) groups is 2. The quantitative estimate of drug-likeness (QED) is 0.571. The number of aromatic nitrogens is 1. The Balaban J connectivity index is 1.65. The molecule has 1 atom stereocenters. The van der Waals surface area contributed by atoms with Crippen LogP contribution in [0.5, 0.6) is 0 Å². The lowest BCUT2D eigenvalue weighted by molar-refractivity contribution is -0.111. The van der Waals surface area contributed by atoms with E-state index in [-0.39, 0.29) is 25.0 Å². The maximum absolute atomic E-state index is 12.3. The summed E-state index contributed by atoms with van der Waals surface area (Å²) in [5.74, 6) is -0.128. The summed E-state index contributed by atoms with van der Waals surface area (Å²) >= 11 is 1.41. The molecule has 0 saturated heterocycles. The number of anilines is 1. The molecule has 1 aliphatic rings. The van der Waals surface area contributed by atoms with Gasteiger partial charge in [-0.2, -0.15) is 5.26 Å². The van der Waals surface area contributed by atoms with Crippen LogP contribution in [-0.4, -0.2) is 30.3 Å². The van der Waals surface area contributed by atoms with Crippen LogP contribution in [0.1, 0.15) is 34.9 Å². The number of hydrogen-bond acceptors (Lipinski definition) is 7. The summed E-state index contributed by atoms with van der Waals surface area (Å²) in [5.41, 5.74) is 2.33. The number of nitrogens with zero attached hydrogens (tertiary/aromatic N) is 2. The number of hydrogen-bond donors (Lipinski definition) is 1. The van der Waals surface area contributed by atoms with Gasteiger partial charge in [-0.3, -0.25) is 9.78 Å². The summed E-state index contributed by atoms with van der Waals surface area (Å²) in [6.45, 7) is 2.29. The summed E-state index contributed by atoms with van der Waals surface area (Å²) < 4.78 is 9.92. The molecule has 0 radical (unpaired) electrons. The molecule has 0 fully saturated rings. The maximum Gasteiger partial charge on any atom is 0.508 e. The minimum Gasteiger partial charge on any atom is -0.435 e. The van der Waals surface area contributed by atoms with E-state index in [1.54, 1.807) is 31.5 Å². The van der Waals surface area contributed by atoms with E-state index in [9.17, 15) is 14.9 Å². The van der Waals surface area contributed by atoms with Gasteiger partial charge in [-0.1, -0.05) is 6.07 Å². The molecule has 1 unspecified atom stereocenters. The lowest BCUT2D eigenvalue weighted by atomic mass is 9.88. The SMILES string of the molecule is CCOC(=O)OCC1CCc2c(sc(NC(=O)C=Cc3cccnc3)c2C#N)C1. The largest absolute Gasteiger partial charge is 0.508 e. The Bertz CT molecular complexity index is 947. The number of ether oxygens (including phenoxy) is 2. The van der Waals surface area contributed by atoms with Gasteiger partial charge in [0.05, 0.1) is 18.8 Å². The zero-order valence-corrected chi connectivity index (χ0v) is 16.8. The summed E-state index contributed by atoms with van der Waals surface area (Å²) in [6.07, 6.45) is 7.99. The summed E-state index contributed by atoms with van der Waals surface area (Å²) in [6, 6.07) is 5.86. The topological polar surface area (TPSA) is 101 Å². The number of nitrogens with one attached hydrogen (secondary N) is 1. The monoisotopic (exact) mass is 411 g/mol. The maximum atomic E-state index is 12.3. The number of carbonyl (C=O) groups excluding carboxylic acids is 2. The zero-order valence-electron chi connectivity index (χ0n) is 16.0. The summed E-state index contributed by atoms with van der Waals surface area (Å²) in [7, 11) is 0. The van der Waals surface area contributed by atoms with Crippen LogP contribution in [0, 0.1) is 17.2 Å². The first-order valence-electron chi connectivity index (χ1n) is 9.34. The Morgan fingerprint density at radius 3 is 3.03 bits per heavy atom. The number of rotatable bonds is 6. The van der Waals surface area contributed by atoms with E-state index in [2.05, 4.69) is 16.4 Å². The van der Waals surface area contributed by atoms with Gasteiger partial charge in [0.2, 0.25) is 5.91 Å². The summed E-state index contributed by atoms with van der Waals surface area (Å²) in [4.78, 5) is 28.7. The summed E-state index contributed by atoms with van der Waals surface area (Å²) in [5, 5.41) is 13.0. The lowest BCUT2D eigenvalue weighted by Crippen LogP contribution is -2.21. The highest BCUT2D eigenvalue weighted by atomic mass is 32.1. The predicted octanol–water partition coefficient (Wildman–Crippen LogP) is 3.94. The third-order valence-electron chi connectivity index (χ3n) is 4.53. The van der Waals surface area contributed by atoms with Crippen molar-refractivity contribution < 1.29 is 19.1 Å². The first-order chi connectivity index (χ1) is 14.1. The van der Waals surface area contributed by atoms with Gasteiger partial charge < -0.3 is 14.8 Å². The number of thiophene rings is 1. The van der Waals surface area contributed by atoms with Crippen LogP contribution in [0.2, 0.25) is 0 Å². The highest BCUT2D eigenvalue weighted by Crippen LogP contribution is 2.39. The van der Waals surface area contributed by atoms with Crippen LogP contribution in [-0.2, 0) is 27.1 Å². The molecule has 7 nitrogen and oxygen atoms in total. The Hall–Kier alpha value is -3.18. The minimum atomic E-state index is -0.657. The molecule has 0 aromatic carbocycles. The van der Waals surface area contributed by atoms with Crippen LogP contribution < -0.4 is 5.32 Å². The van der Waals surface area contributed by atoms with Gasteiger partial charge >= 0.3 is 6.16 Å². The molecule has 8 heteroatoms. The smallest absolute Gasteiger partial charge is 0.435 e. The molecule has 2 aromatic heterocycles. The van der Waals surface area contributed by atoms with E-state index in [0.717, 1.165) is 22.4 Å². The van der Waals surface area contributed by atoms with E-state index < -0.39 is 6.16 Å². The van der Waals surface area contributed by atoms with Crippen LogP contribution in [0.4, 0.5) is 9.80 Å².